The number of nitrogens with zero attached hydrogens (tertiary/aromatic N) is 1. The standard InChI is InChI=1S/C2H2INO/c3-2(5)1-4/h2,5H. The summed E-state index contributed by atoms with van der Waals surface area (Å²) in [5, 5.41) is 15.6. The Balaban J connectivity index is 2.94. The molecule has 0 aromatic rings. The molecule has 2 nitrogen and oxygen atoms in total. The highest BCUT2D eigenvalue weighted by Crippen LogP contribution is 1.87. The highest BCUT2D eigenvalue weighted by atomic mass is 127. The second-order valence-electron chi connectivity index (χ2n) is 0.465. The van der Waals surface area contributed by atoms with Crippen LogP contribution in [0.2, 0.25) is 0 Å². The van der Waals surface area contributed by atoms with Crippen LogP contribution in [0.1, 0.15) is 0 Å². The maximum absolute atomic E-state index is 7.99. The highest BCUT2D eigenvalue weighted by molar-refractivity contribution is 14.1. The summed E-state index contributed by atoms with van der Waals surface area (Å²) in [5.41, 5.74) is 0. The number of nitriles is 1. The van der Waals surface area contributed by atoms with E-state index in [2.05, 4.69) is 0 Å². The molecule has 1 N–H and O–H groups in total. The number of hydrogen-bond donors (Lipinski definition) is 1. The third kappa shape index (κ3) is 4.18. The maximum Gasteiger partial charge on any atom is 0.192 e. The van der Waals surface area contributed by atoms with Crippen molar-refractivity contribution in [2.75, 3.05) is 0 Å². The fraction of sp³-hybridized carbons (Fsp3) is 0.500. The van der Waals surface area contributed by atoms with Crippen LogP contribution >= 0.6 is 22.6 Å². The van der Waals surface area contributed by atoms with Crippen molar-refractivity contribution >= 4 is 22.6 Å². The normalized spacial score (nSPS) is 13.0. The van der Waals surface area contributed by atoms with Gasteiger partial charge in [-0.2, -0.15) is 5.26 Å². The molecule has 0 bridgehead atoms. The first-order chi connectivity index (χ1) is 2.27. The van der Waals surface area contributed by atoms with Gasteiger partial charge in [-0.15, -0.1) is 0 Å². The smallest absolute Gasteiger partial charge is 0.192 e. The van der Waals surface area contributed by atoms with Crippen LogP contribution in [0, 0.1) is 11.3 Å². The van der Waals surface area contributed by atoms with E-state index in [1.54, 1.807) is 28.7 Å². The van der Waals surface area contributed by atoms with Gasteiger partial charge in [-0.3, -0.25) is 0 Å². The predicted octanol–water partition coefficient (Wildman–Crippen LogP) is 0.263. The van der Waals surface area contributed by atoms with Crippen LogP contribution in [0.4, 0.5) is 0 Å². The molecule has 28 valence electrons. The van der Waals surface area contributed by atoms with Gasteiger partial charge in [0.25, 0.3) is 0 Å². The zero-order valence-electron chi connectivity index (χ0n) is 2.35. The van der Waals surface area contributed by atoms with Gasteiger partial charge in [-0.05, 0) is 22.6 Å². The molecule has 3 heteroatoms. The molecular weight excluding hydrogens is 181 g/mol. The number of alkyl halides is 1. The summed E-state index contributed by atoms with van der Waals surface area (Å²) in [6.45, 7) is 0. The Morgan fingerprint density at radius 2 is 2.20 bits per heavy atom. The minimum Gasteiger partial charge on any atom is -0.370 e. The molecule has 1 atom stereocenters. The molecular formula is C2H2INO. The van der Waals surface area contributed by atoms with E-state index in [9.17, 15) is 0 Å². The SMILES string of the molecule is N#CC(O)I. The van der Waals surface area contributed by atoms with Gasteiger partial charge in [0.1, 0.15) is 6.07 Å². The Kier molecular flexibility index (Phi) is 2.51. The van der Waals surface area contributed by atoms with E-state index in [-0.39, 0.29) is 0 Å². The fourth-order valence-electron chi connectivity index (χ4n) is 0. The van der Waals surface area contributed by atoms with Crippen LogP contribution in [0.3, 0.4) is 0 Å². The molecule has 0 aliphatic carbocycles. The van der Waals surface area contributed by atoms with Gasteiger partial charge in [-0.1, -0.05) is 0 Å². The number of aliphatic hydroxyl groups is 1. The number of rotatable bonds is 0. The first-order valence-corrected chi connectivity index (χ1v) is 2.23. The van der Waals surface area contributed by atoms with Crippen LogP contribution in [-0.2, 0) is 0 Å². The Morgan fingerprint density at radius 1 is 2.00 bits per heavy atom. The van der Waals surface area contributed by atoms with Crippen molar-refractivity contribution < 1.29 is 5.11 Å². The summed E-state index contributed by atoms with van der Waals surface area (Å²) >= 11 is 1.60. The van der Waals surface area contributed by atoms with E-state index in [1.165, 1.54) is 0 Å². The summed E-state index contributed by atoms with van der Waals surface area (Å²) in [6, 6.07) is 1.57. The van der Waals surface area contributed by atoms with Crippen LogP contribution < -0.4 is 0 Å². The van der Waals surface area contributed by atoms with E-state index in [1.807, 2.05) is 0 Å². The molecule has 0 radical (unpaired) electrons. The summed E-state index contributed by atoms with van der Waals surface area (Å²) in [5.74, 6) is 0. The van der Waals surface area contributed by atoms with Gasteiger partial charge in [0.15, 0.2) is 4.11 Å². The second kappa shape index (κ2) is 2.42. The van der Waals surface area contributed by atoms with Gasteiger partial charge in [0.2, 0.25) is 0 Å². The topological polar surface area (TPSA) is 44.0 Å². The molecule has 0 aliphatic heterocycles. The molecule has 5 heavy (non-hydrogen) atoms. The molecule has 0 rings (SSSR count). The van der Waals surface area contributed by atoms with Gasteiger partial charge in [0, 0.05) is 0 Å². The molecule has 1 unspecified atom stereocenters. The lowest BCUT2D eigenvalue weighted by Crippen LogP contribution is -1.83. The first-order valence-electron chi connectivity index (χ1n) is 0.989. The lowest BCUT2D eigenvalue weighted by atomic mass is 10.9. The lowest BCUT2D eigenvalue weighted by Gasteiger charge is -1.74. The zero-order chi connectivity index (χ0) is 4.28. The van der Waals surface area contributed by atoms with Crippen molar-refractivity contribution in [3.05, 3.63) is 0 Å². The zero-order valence-corrected chi connectivity index (χ0v) is 4.51. The van der Waals surface area contributed by atoms with E-state index < -0.39 is 4.11 Å². The Morgan fingerprint density at radius 3 is 2.20 bits per heavy atom. The number of aliphatic hydroxyl groups excluding tert-OH is 1. The van der Waals surface area contributed by atoms with E-state index in [0.29, 0.717) is 0 Å². The Bertz CT molecular complexity index is 55.2. The maximum atomic E-state index is 7.99. The van der Waals surface area contributed by atoms with E-state index in [0.717, 1.165) is 0 Å². The van der Waals surface area contributed by atoms with Gasteiger partial charge >= 0.3 is 0 Å². The van der Waals surface area contributed by atoms with E-state index >= 15 is 0 Å². The van der Waals surface area contributed by atoms with Crippen molar-refractivity contribution in [2.45, 2.75) is 4.11 Å². The van der Waals surface area contributed by atoms with Crippen LogP contribution in [-0.4, -0.2) is 9.22 Å². The third-order valence-electron chi connectivity index (χ3n) is 0.107. The quantitative estimate of drug-likeness (QED) is 0.332. The fourth-order valence-corrected chi connectivity index (χ4v) is 0. The molecule has 0 spiro atoms. The summed E-state index contributed by atoms with van der Waals surface area (Å²) in [6.07, 6.45) is 0. The molecule has 0 aromatic heterocycles. The molecule has 0 fully saturated rings. The summed E-state index contributed by atoms with van der Waals surface area (Å²) in [7, 11) is 0. The molecule has 0 amide bonds. The molecule has 0 saturated heterocycles. The average Bonchev–Trinajstić information content (AvgIpc) is 1.38. The predicted molar refractivity (Wildman–Crippen MR) is 25.6 cm³/mol. The minimum absolute atomic E-state index is 0.840. The highest BCUT2D eigenvalue weighted by Gasteiger charge is 1.83. The number of halogens is 1. The second-order valence-corrected chi connectivity index (χ2v) is 1.64. The molecule has 0 aliphatic rings. The molecule has 0 saturated carbocycles. The lowest BCUT2D eigenvalue weighted by molar-refractivity contribution is 0.331. The van der Waals surface area contributed by atoms with Crippen molar-refractivity contribution in [1.29, 1.82) is 5.26 Å². The minimum atomic E-state index is -0.840. The molecule has 0 aromatic carbocycles. The van der Waals surface area contributed by atoms with Crippen molar-refractivity contribution in [3.8, 4) is 6.07 Å². The Labute approximate surface area is 43.6 Å². The number of hydrogen-bond acceptors (Lipinski definition) is 2. The monoisotopic (exact) mass is 183 g/mol. The van der Waals surface area contributed by atoms with Crippen LogP contribution in [0.15, 0.2) is 0 Å². The first kappa shape index (κ1) is 5.18. The van der Waals surface area contributed by atoms with Crippen molar-refractivity contribution in [2.24, 2.45) is 0 Å². The molecule has 0 heterocycles. The van der Waals surface area contributed by atoms with Crippen molar-refractivity contribution in [1.82, 2.24) is 0 Å². The average molecular weight is 183 g/mol. The van der Waals surface area contributed by atoms with Crippen LogP contribution in [0.25, 0.3) is 0 Å². The largest absolute Gasteiger partial charge is 0.370 e. The van der Waals surface area contributed by atoms with Crippen molar-refractivity contribution in [3.63, 3.8) is 0 Å². The summed E-state index contributed by atoms with van der Waals surface area (Å²) in [4.78, 5) is 0. The summed E-state index contributed by atoms with van der Waals surface area (Å²) < 4.78 is -0.840. The Hall–Kier alpha value is 0.180. The third-order valence-corrected chi connectivity index (χ3v) is 0.385. The van der Waals surface area contributed by atoms with Gasteiger partial charge in [0.05, 0.1) is 0 Å². The van der Waals surface area contributed by atoms with Crippen LogP contribution in [0.5, 0.6) is 0 Å². The van der Waals surface area contributed by atoms with Gasteiger partial charge in [-0.25, -0.2) is 0 Å². The van der Waals surface area contributed by atoms with Gasteiger partial charge < -0.3 is 5.11 Å². The van der Waals surface area contributed by atoms with E-state index in [4.69, 9.17) is 10.4 Å².